The summed E-state index contributed by atoms with van der Waals surface area (Å²) in [4.78, 5) is 38.3. The van der Waals surface area contributed by atoms with E-state index in [1.165, 1.54) is 0 Å². The molecule has 0 saturated carbocycles. The van der Waals surface area contributed by atoms with Crippen LogP contribution in [0.1, 0.15) is 17.5 Å². The quantitative estimate of drug-likeness (QED) is 0.714. The normalized spacial score (nSPS) is 16.2. The molecule has 1 fully saturated rings. The van der Waals surface area contributed by atoms with E-state index in [4.69, 9.17) is 4.74 Å². The highest BCUT2D eigenvalue weighted by Crippen LogP contribution is 2.28. The summed E-state index contributed by atoms with van der Waals surface area (Å²) in [6.07, 6.45) is 0.0816. The van der Waals surface area contributed by atoms with E-state index in [0.29, 0.717) is 5.69 Å². The van der Waals surface area contributed by atoms with E-state index >= 15 is 0 Å². The molecular weight excluding hydrogens is 424 g/mol. The number of carbonyl (C=O) groups is 3. The van der Waals surface area contributed by atoms with Gasteiger partial charge in [0.1, 0.15) is 0 Å². The summed E-state index contributed by atoms with van der Waals surface area (Å²) in [6.45, 7) is 3.73. The van der Waals surface area contributed by atoms with Crippen LogP contribution in [0.4, 0.5) is 11.4 Å². The standard InChI is InChI=1S/C21H21BrN2O4/c1-13-7-8-17(16(22)9-13)23-19(25)12-28-21(27)15-10-20(26)24(11-15)18-6-4-3-5-14(18)2/h3-9,15H,10-12H2,1-2H3,(H,23,25). The monoisotopic (exact) mass is 444 g/mol. The second-order valence-corrected chi connectivity index (χ2v) is 7.69. The largest absolute Gasteiger partial charge is 0.455 e. The van der Waals surface area contributed by atoms with Crippen LogP contribution >= 0.6 is 15.9 Å². The van der Waals surface area contributed by atoms with Crippen molar-refractivity contribution in [3.63, 3.8) is 0 Å². The first-order chi connectivity index (χ1) is 13.3. The maximum absolute atomic E-state index is 12.3. The van der Waals surface area contributed by atoms with Crippen molar-refractivity contribution in [3.8, 4) is 0 Å². The Morgan fingerprint density at radius 2 is 1.96 bits per heavy atom. The fourth-order valence-corrected chi connectivity index (χ4v) is 3.72. The zero-order valence-electron chi connectivity index (χ0n) is 15.7. The third-order valence-electron chi connectivity index (χ3n) is 4.61. The van der Waals surface area contributed by atoms with Gasteiger partial charge in [0.25, 0.3) is 5.91 Å². The highest BCUT2D eigenvalue weighted by Gasteiger charge is 2.36. The van der Waals surface area contributed by atoms with Crippen LogP contribution in [0.2, 0.25) is 0 Å². The van der Waals surface area contributed by atoms with Gasteiger partial charge < -0.3 is 15.0 Å². The first-order valence-corrected chi connectivity index (χ1v) is 9.73. The summed E-state index contributed by atoms with van der Waals surface area (Å²) in [6, 6.07) is 13.1. The predicted octanol–water partition coefficient (Wildman–Crippen LogP) is 3.60. The topological polar surface area (TPSA) is 75.7 Å². The molecular formula is C21H21BrN2O4. The molecule has 28 heavy (non-hydrogen) atoms. The summed E-state index contributed by atoms with van der Waals surface area (Å²) < 4.78 is 5.89. The molecule has 1 heterocycles. The number of hydrogen-bond donors (Lipinski definition) is 1. The maximum atomic E-state index is 12.3. The van der Waals surface area contributed by atoms with E-state index in [1.807, 2.05) is 50.2 Å². The van der Waals surface area contributed by atoms with Crippen molar-refractivity contribution in [2.75, 3.05) is 23.4 Å². The smallest absolute Gasteiger partial charge is 0.311 e. The average molecular weight is 445 g/mol. The van der Waals surface area contributed by atoms with Crippen molar-refractivity contribution >= 4 is 45.1 Å². The number of aryl methyl sites for hydroxylation is 2. The lowest BCUT2D eigenvalue weighted by molar-refractivity contribution is -0.151. The molecule has 1 saturated heterocycles. The zero-order chi connectivity index (χ0) is 20.3. The molecule has 6 nitrogen and oxygen atoms in total. The van der Waals surface area contributed by atoms with Crippen LogP contribution in [0.5, 0.6) is 0 Å². The SMILES string of the molecule is Cc1ccc(NC(=O)COC(=O)C2CC(=O)N(c3ccccc3C)C2)c(Br)c1. The van der Waals surface area contributed by atoms with Crippen molar-refractivity contribution in [3.05, 3.63) is 58.1 Å². The lowest BCUT2D eigenvalue weighted by atomic mass is 10.1. The van der Waals surface area contributed by atoms with E-state index in [9.17, 15) is 14.4 Å². The highest BCUT2D eigenvalue weighted by molar-refractivity contribution is 9.10. The molecule has 1 N–H and O–H groups in total. The Morgan fingerprint density at radius 3 is 2.68 bits per heavy atom. The van der Waals surface area contributed by atoms with Crippen LogP contribution < -0.4 is 10.2 Å². The molecule has 2 aromatic carbocycles. The minimum atomic E-state index is -0.578. The number of ether oxygens (including phenoxy) is 1. The Labute approximate surface area is 172 Å². The van der Waals surface area contributed by atoms with E-state index in [1.54, 1.807) is 11.0 Å². The molecule has 0 aliphatic carbocycles. The molecule has 3 rings (SSSR count). The fraction of sp³-hybridized carbons (Fsp3) is 0.286. The molecule has 0 bridgehead atoms. The molecule has 1 aliphatic rings. The molecule has 0 aromatic heterocycles. The summed E-state index contributed by atoms with van der Waals surface area (Å²) >= 11 is 3.39. The van der Waals surface area contributed by atoms with Crippen molar-refractivity contribution in [1.29, 1.82) is 0 Å². The Hall–Kier alpha value is -2.67. The van der Waals surface area contributed by atoms with Crippen LogP contribution in [0.15, 0.2) is 46.9 Å². The fourth-order valence-electron chi connectivity index (χ4n) is 3.13. The number of esters is 1. The van der Waals surface area contributed by atoms with Gasteiger partial charge in [-0.05, 0) is 59.1 Å². The lowest BCUT2D eigenvalue weighted by Crippen LogP contribution is -2.28. The van der Waals surface area contributed by atoms with Crippen LogP contribution in [0.25, 0.3) is 0 Å². The number of nitrogens with one attached hydrogen (secondary N) is 1. The third-order valence-corrected chi connectivity index (χ3v) is 5.26. The second-order valence-electron chi connectivity index (χ2n) is 6.83. The lowest BCUT2D eigenvalue weighted by Gasteiger charge is -2.18. The number of nitrogens with zero attached hydrogens (tertiary/aromatic N) is 1. The second kappa shape index (κ2) is 8.56. The van der Waals surface area contributed by atoms with E-state index in [-0.39, 0.29) is 18.9 Å². The van der Waals surface area contributed by atoms with Crippen molar-refractivity contribution in [1.82, 2.24) is 0 Å². The molecule has 0 spiro atoms. The minimum Gasteiger partial charge on any atom is -0.455 e. The summed E-state index contributed by atoms with van der Waals surface area (Å²) in [5, 5.41) is 2.69. The zero-order valence-corrected chi connectivity index (χ0v) is 17.3. The number of halogens is 1. The van der Waals surface area contributed by atoms with Crippen LogP contribution in [-0.4, -0.2) is 30.9 Å². The van der Waals surface area contributed by atoms with Crippen LogP contribution in [0.3, 0.4) is 0 Å². The number of benzene rings is 2. The molecule has 1 unspecified atom stereocenters. The van der Waals surface area contributed by atoms with Crippen molar-refractivity contribution in [2.24, 2.45) is 5.92 Å². The van der Waals surface area contributed by atoms with Gasteiger partial charge in [0, 0.05) is 23.1 Å². The average Bonchev–Trinajstić information content (AvgIpc) is 3.04. The molecule has 2 aromatic rings. The van der Waals surface area contributed by atoms with Gasteiger partial charge in [-0.1, -0.05) is 24.3 Å². The molecule has 7 heteroatoms. The summed E-state index contributed by atoms with van der Waals surface area (Å²) in [5.74, 6) is -1.67. The minimum absolute atomic E-state index is 0.0816. The van der Waals surface area contributed by atoms with Gasteiger partial charge in [0.05, 0.1) is 11.6 Å². The highest BCUT2D eigenvalue weighted by atomic mass is 79.9. The van der Waals surface area contributed by atoms with Crippen LogP contribution in [0, 0.1) is 19.8 Å². The first kappa shape index (κ1) is 20.1. The van der Waals surface area contributed by atoms with E-state index < -0.39 is 24.4 Å². The van der Waals surface area contributed by atoms with E-state index in [0.717, 1.165) is 21.3 Å². The number of amides is 2. The first-order valence-electron chi connectivity index (χ1n) is 8.94. The van der Waals surface area contributed by atoms with Gasteiger partial charge in [-0.15, -0.1) is 0 Å². The number of anilines is 2. The predicted molar refractivity (Wildman–Crippen MR) is 110 cm³/mol. The van der Waals surface area contributed by atoms with E-state index in [2.05, 4.69) is 21.2 Å². The van der Waals surface area contributed by atoms with Gasteiger partial charge in [-0.3, -0.25) is 14.4 Å². The van der Waals surface area contributed by atoms with Gasteiger partial charge in [-0.25, -0.2) is 0 Å². The van der Waals surface area contributed by atoms with Gasteiger partial charge in [0.15, 0.2) is 6.61 Å². The summed E-state index contributed by atoms with van der Waals surface area (Å²) in [5.41, 5.74) is 3.42. The Morgan fingerprint density at radius 1 is 1.21 bits per heavy atom. The summed E-state index contributed by atoms with van der Waals surface area (Å²) in [7, 11) is 0. The van der Waals surface area contributed by atoms with Crippen molar-refractivity contribution in [2.45, 2.75) is 20.3 Å². The van der Waals surface area contributed by atoms with Gasteiger partial charge in [-0.2, -0.15) is 0 Å². The molecule has 2 amide bonds. The maximum Gasteiger partial charge on any atom is 0.311 e. The van der Waals surface area contributed by atoms with Crippen molar-refractivity contribution < 1.29 is 19.1 Å². The Bertz CT molecular complexity index is 928. The molecule has 1 aliphatic heterocycles. The number of hydrogen-bond acceptors (Lipinski definition) is 4. The van der Waals surface area contributed by atoms with Gasteiger partial charge in [0.2, 0.25) is 5.91 Å². The molecule has 1 atom stereocenters. The Balaban J connectivity index is 1.54. The number of rotatable bonds is 5. The Kier molecular flexibility index (Phi) is 6.14. The van der Waals surface area contributed by atoms with Crippen LogP contribution in [-0.2, 0) is 19.1 Å². The number of para-hydroxylation sites is 1. The number of carbonyl (C=O) groups excluding carboxylic acids is 3. The third kappa shape index (κ3) is 4.59. The molecule has 146 valence electrons. The molecule has 0 radical (unpaired) electrons. The van der Waals surface area contributed by atoms with Gasteiger partial charge >= 0.3 is 5.97 Å².